The Bertz CT molecular complexity index is 772. The van der Waals surface area contributed by atoms with E-state index in [2.05, 4.69) is 22.4 Å². The molecule has 0 saturated heterocycles. The normalized spacial score (nSPS) is 10.6. The van der Waals surface area contributed by atoms with Crippen LogP contribution in [0.15, 0.2) is 54.7 Å². The molecule has 4 nitrogen and oxygen atoms in total. The first kappa shape index (κ1) is 14.2. The molecule has 0 aliphatic heterocycles. The lowest BCUT2D eigenvalue weighted by Gasteiger charge is -2.13. The standard InChI is InChI=1S/C18H19N3O/c1-22-16-8-7-15(19)17-14(16)10-12-21-18(17)20-11-9-13-5-3-2-4-6-13/h2-8,10,12H,9,11,19H2,1H3,(H,20,21). The Morgan fingerprint density at radius 3 is 2.68 bits per heavy atom. The smallest absolute Gasteiger partial charge is 0.136 e. The maximum Gasteiger partial charge on any atom is 0.136 e. The second kappa shape index (κ2) is 6.35. The van der Waals surface area contributed by atoms with Crippen molar-refractivity contribution in [2.45, 2.75) is 6.42 Å². The molecule has 1 aromatic heterocycles. The van der Waals surface area contributed by atoms with E-state index < -0.39 is 0 Å². The highest BCUT2D eigenvalue weighted by molar-refractivity contribution is 6.03. The van der Waals surface area contributed by atoms with Crippen molar-refractivity contribution in [2.24, 2.45) is 0 Å². The number of hydrogen-bond acceptors (Lipinski definition) is 4. The van der Waals surface area contributed by atoms with Crippen LogP contribution >= 0.6 is 0 Å². The molecule has 0 bridgehead atoms. The predicted molar refractivity (Wildman–Crippen MR) is 91.3 cm³/mol. The van der Waals surface area contributed by atoms with Crippen LogP contribution in [0.3, 0.4) is 0 Å². The number of benzene rings is 2. The molecule has 22 heavy (non-hydrogen) atoms. The Labute approximate surface area is 129 Å². The van der Waals surface area contributed by atoms with Gasteiger partial charge in [-0.2, -0.15) is 0 Å². The number of ether oxygens (including phenoxy) is 1. The van der Waals surface area contributed by atoms with Crippen molar-refractivity contribution in [3.63, 3.8) is 0 Å². The topological polar surface area (TPSA) is 60.2 Å². The quantitative estimate of drug-likeness (QED) is 0.707. The zero-order chi connectivity index (χ0) is 15.4. The van der Waals surface area contributed by atoms with E-state index in [-0.39, 0.29) is 0 Å². The summed E-state index contributed by atoms with van der Waals surface area (Å²) in [7, 11) is 1.66. The van der Waals surface area contributed by atoms with Crippen molar-refractivity contribution in [3.05, 3.63) is 60.3 Å². The molecular formula is C18H19N3O. The summed E-state index contributed by atoms with van der Waals surface area (Å²) in [5.41, 5.74) is 8.12. The van der Waals surface area contributed by atoms with Gasteiger partial charge >= 0.3 is 0 Å². The molecule has 2 aromatic carbocycles. The van der Waals surface area contributed by atoms with Gasteiger partial charge in [0.05, 0.1) is 12.5 Å². The number of anilines is 2. The molecule has 0 aliphatic rings. The van der Waals surface area contributed by atoms with Gasteiger partial charge in [-0.1, -0.05) is 30.3 Å². The summed E-state index contributed by atoms with van der Waals surface area (Å²) in [5.74, 6) is 1.60. The molecule has 0 radical (unpaired) electrons. The maximum absolute atomic E-state index is 6.13. The Morgan fingerprint density at radius 1 is 1.09 bits per heavy atom. The third-order valence-corrected chi connectivity index (χ3v) is 3.69. The Balaban J connectivity index is 1.85. The molecule has 3 N–H and O–H groups in total. The number of nitrogens with zero attached hydrogens (tertiary/aromatic N) is 1. The van der Waals surface area contributed by atoms with E-state index in [1.54, 1.807) is 13.3 Å². The lowest BCUT2D eigenvalue weighted by molar-refractivity contribution is 0.420. The summed E-state index contributed by atoms with van der Waals surface area (Å²) in [6.45, 7) is 0.798. The summed E-state index contributed by atoms with van der Waals surface area (Å²) in [6, 6.07) is 16.0. The van der Waals surface area contributed by atoms with E-state index in [0.29, 0.717) is 5.69 Å². The molecule has 0 spiro atoms. The van der Waals surface area contributed by atoms with Crippen molar-refractivity contribution in [1.82, 2.24) is 4.98 Å². The van der Waals surface area contributed by atoms with E-state index in [1.165, 1.54) is 5.56 Å². The van der Waals surface area contributed by atoms with Gasteiger partial charge in [-0.25, -0.2) is 4.98 Å². The van der Waals surface area contributed by atoms with Crippen LogP contribution in [0.1, 0.15) is 5.56 Å². The third-order valence-electron chi connectivity index (χ3n) is 3.69. The van der Waals surface area contributed by atoms with E-state index >= 15 is 0 Å². The average molecular weight is 293 g/mol. The third kappa shape index (κ3) is 2.81. The monoisotopic (exact) mass is 293 g/mol. The largest absolute Gasteiger partial charge is 0.496 e. The zero-order valence-corrected chi connectivity index (χ0v) is 12.5. The summed E-state index contributed by atoms with van der Waals surface area (Å²) in [4.78, 5) is 4.43. The van der Waals surface area contributed by atoms with E-state index in [0.717, 1.165) is 35.3 Å². The highest BCUT2D eigenvalue weighted by atomic mass is 16.5. The highest BCUT2D eigenvalue weighted by Gasteiger charge is 2.09. The SMILES string of the molecule is COc1ccc(N)c2c(NCCc3ccccc3)nccc12. The fraction of sp³-hybridized carbons (Fsp3) is 0.167. The maximum atomic E-state index is 6.13. The number of nitrogens with two attached hydrogens (primary N) is 1. The van der Waals surface area contributed by atoms with Crippen molar-refractivity contribution in [1.29, 1.82) is 0 Å². The molecule has 0 aliphatic carbocycles. The molecule has 1 heterocycles. The number of rotatable bonds is 5. The molecule has 0 fully saturated rings. The number of methoxy groups -OCH3 is 1. The number of nitrogen functional groups attached to an aromatic ring is 1. The minimum Gasteiger partial charge on any atom is -0.496 e. The number of nitrogens with one attached hydrogen (secondary N) is 1. The molecule has 112 valence electrons. The van der Waals surface area contributed by atoms with Crippen LogP contribution in [-0.2, 0) is 6.42 Å². The molecule has 0 saturated carbocycles. The molecule has 0 unspecified atom stereocenters. The first-order valence-electron chi connectivity index (χ1n) is 7.28. The second-order valence-electron chi connectivity index (χ2n) is 5.10. The Hall–Kier alpha value is -2.75. The molecular weight excluding hydrogens is 274 g/mol. The predicted octanol–water partition coefficient (Wildman–Crippen LogP) is 3.48. The highest BCUT2D eigenvalue weighted by Crippen LogP contribution is 2.33. The number of hydrogen-bond donors (Lipinski definition) is 2. The van der Waals surface area contributed by atoms with Gasteiger partial charge in [0.15, 0.2) is 0 Å². The fourth-order valence-corrected chi connectivity index (χ4v) is 2.58. The molecule has 3 rings (SSSR count). The summed E-state index contributed by atoms with van der Waals surface area (Å²) in [5, 5.41) is 5.27. The number of fused-ring (bicyclic) bond motifs is 1. The first-order chi connectivity index (χ1) is 10.8. The van der Waals surface area contributed by atoms with E-state index in [9.17, 15) is 0 Å². The Morgan fingerprint density at radius 2 is 1.91 bits per heavy atom. The molecule has 4 heteroatoms. The van der Waals surface area contributed by atoms with Gasteiger partial charge < -0.3 is 15.8 Å². The second-order valence-corrected chi connectivity index (χ2v) is 5.10. The van der Waals surface area contributed by atoms with Crippen molar-refractivity contribution >= 4 is 22.3 Å². The van der Waals surface area contributed by atoms with Gasteiger partial charge in [0, 0.05) is 23.8 Å². The van der Waals surface area contributed by atoms with E-state index in [4.69, 9.17) is 10.5 Å². The van der Waals surface area contributed by atoms with Gasteiger partial charge in [0.2, 0.25) is 0 Å². The van der Waals surface area contributed by atoms with Gasteiger partial charge in [0.25, 0.3) is 0 Å². The average Bonchev–Trinajstić information content (AvgIpc) is 2.56. The summed E-state index contributed by atoms with van der Waals surface area (Å²) in [6.07, 6.45) is 2.71. The van der Waals surface area contributed by atoms with Gasteiger partial charge in [0.1, 0.15) is 11.6 Å². The van der Waals surface area contributed by atoms with Gasteiger partial charge in [-0.05, 0) is 30.2 Å². The van der Waals surface area contributed by atoms with Gasteiger partial charge in [-0.15, -0.1) is 0 Å². The summed E-state index contributed by atoms with van der Waals surface area (Å²) < 4.78 is 5.40. The van der Waals surface area contributed by atoms with Crippen molar-refractivity contribution in [3.8, 4) is 5.75 Å². The van der Waals surface area contributed by atoms with E-state index in [1.807, 2.05) is 36.4 Å². The number of aromatic nitrogens is 1. The van der Waals surface area contributed by atoms with Crippen LogP contribution in [0.25, 0.3) is 10.8 Å². The van der Waals surface area contributed by atoms with Crippen molar-refractivity contribution in [2.75, 3.05) is 24.7 Å². The summed E-state index contributed by atoms with van der Waals surface area (Å²) >= 11 is 0. The van der Waals surface area contributed by atoms with Crippen LogP contribution in [0.5, 0.6) is 5.75 Å². The van der Waals surface area contributed by atoms with Crippen LogP contribution in [0.4, 0.5) is 11.5 Å². The molecule has 0 amide bonds. The van der Waals surface area contributed by atoms with Gasteiger partial charge in [-0.3, -0.25) is 0 Å². The fourth-order valence-electron chi connectivity index (χ4n) is 2.58. The van der Waals surface area contributed by atoms with Crippen LogP contribution in [0.2, 0.25) is 0 Å². The zero-order valence-electron chi connectivity index (χ0n) is 12.5. The molecule has 0 atom stereocenters. The van der Waals surface area contributed by atoms with Crippen LogP contribution in [0, 0.1) is 0 Å². The lowest BCUT2D eigenvalue weighted by Crippen LogP contribution is -2.07. The molecule has 3 aromatic rings. The number of pyridine rings is 1. The van der Waals surface area contributed by atoms with Crippen LogP contribution in [-0.4, -0.2) is 18.6 Å². The lowest BCUT2D eigenvalue weighted by atomic mass is 10.1. The minimum absolute atomic E-state index is 0.700. The Kier molecular flexibility index (Phi) is 4.10. The van der Waals surface area contributed by atoms with Crippen molar-refractivity contribution < 1.29 is 4.74 Å². The van der Waals surface area contributed by atoms with Crippen LogP contribution < -0.4 is 15.8 Å². The minimum atomic E-state index is 0.700. The first-order valence-corrected chi connectivity index (χ1v) is 7.28.